The predicted molar refractivity (Wildman–Crippen MR) is 126 cm³/mol. The van der Waals surface area contributed by atoms with E-state index >= 15 is 0 Å². The molecular formula is C25H27N7O2. The fourth-order valence-electron chi connectivity index (χ4n) is 4.81. The number of nitrogens with zero attached hydrogens (tertiary/aromatic N) is 7. The molecule has 1 fully saturated rings. The number of tetrazole rings is 1. The molecular weight excluding hydrogens is 430 g/mol. The first kappa shape index (κ1) is 22.2. The molecule has 5 rings (SSSR count). The number of fused-ring (bicyclic) bond motifs is 1. The van der Waals surface area contributed by atoms with Crippen LogP contribution in [0.4, 0.5) is 5.69 Å². The first-order valence-electron chi connectivity index (χ1n) is 11.6. The highest BCUT2D eigenvalue weighted by atomic mass is 16.5. The zero-order valence-electron chi connectivity index (χ0n) is 19.2. The number of hydrogen-bond acceptors (Lipinski definition) is 6. The average molecular weight is 458 g/mol. The number of hydrogen-bond donors (Lipinski definition) is 0. The van der Waals surface area contributed by atoms with Crippen LogP contribution in [0.3, 0.4) is 0 Å². The summed E-state index contributed by atoms with van der Waals surface area (Å²) in [6.07, 6.45) is 2.81. The van der Waals surface area contributed by atoms with Crippen molar-refractivity contribution in [2.75, 3.05) is 39.3 Å². The Bertz CT molecular complexity index is 1190. The van der Waals surface area contributed by atoms with Gasteiger partial charge in [-0.05, 0) is 58.2 Å². The number of aromatic nitrogens is 4. The van der Waals surface area contributed by atoms with Crippen LogP contribution in [0.25, 0.3) is 10.5 Å². The zero-order chi connectivity index (χ0) is 23.5. The number of benzene rings is 2. The first-order valence-corrected chi connectivity index (χ1v) is 11.6. The molecule has 0 radical (unpaired) electrons. The lowest BCUT2D eigenvalue weighted by molar-refractivity contribution is -0.132. The van der Waals surface area contributed by atoms with Crippen LogP contribution in [0.1, 0.15) is 28.4 Å². The molecule has 9 heteroatoms. The van der Waals surface area contributed by atoms with E-state index in [0.29, 0.717) is 13.0 Å². The largest absolute Gasteiger partial charge is 0.372 e. The second kappa shape index (κ2) is 9.71. The Kier molecular flexibility index (Phi) is 6.34. The van der Waals surface area contributed by atoms with Gasteiger partial charge in [-0.15, -0.1) is 5.10 Å². The van der Waals surface area contributed by atoms with Crippen LogP contribution in [0.5, 0.6) is 0 Å². The molecule has 1 amide bonds. The van der Waals surface area contributed by atoms with Crippen molar-refractivity contribution in [3.63, 3.8) is 0 Å². The molecule has 1 atom stereocenters. The molecule has 2 aliphatic rings. The van der Waals surface area contributed by atoms with Gasteiger partial charge in [-0.25, -0.2) is 9.53 Å². The molecule has 0 spiro atoms. The van der Waals surface area contributed by atoms with Gasteiger partial charge in [-0.1, -0.05) is 24.3 Å². The van der Waals surface area contributed by atoms with Crippen molar-refractivity contribution >= 4 is 11.6 Å². The van der Waals surface area contributed by atoms with Crippen LogP contribution in [-0.2, 0) is 22.4 Å². The molecule has 174 valence electrons. The average Bonchev–Trinajstić information content (AvgIpc) is 3.41. The minimum absolute atomic E-state index is 0.0168. The molecule has 0 aliphatic carbocycles. The number of ether oxygens (including phenoxy) is 1. The fourth-order valence-corrected chi connectivity index (χ4v) is 4.81. The number of rotatable bonds is 5. The third-order valence-corrected chi connectivity index (χ3v) is 6.80. The number of carbonyl (C=O) groups excluding carboxylic acids is 1. The van der Waals surface area contributed by atoms with Gasteiger partial charge in [0.15, 0.2) is 5.69 Å². The van der Waals surface area contributed by atoms with E-state index in [2.05, 4.69) is 31.3 Å². The minimum Gasteiger partial charge on any atom is -0.372 e. The van der Waals surface area contributed by atoms with E-state index in [4.69, 9.17) is 11.3 Å². The molecule has 1 aromatic heterocycles. The Balaban J connectivity index is 1.15. The maximum Gasteiger partial charge on any atom is 0.227 e. The second-order valence-corrected chi connectivity index (χ2v) is 8.78. The molecule has 1 unspecified atom stereocenters. The SMILES string of the molecule is [C-]#[N+]c1ccc2c(c1C)CCOC2CN1CCN(C(=O)Cc2ccc(-n3cnnn3)cc2)CC1. The standard InChI is InChI=1S/C25H27N7O2/c1-18-21-9-14-34-24(22(21)7-8-23(18)26-2)16-30-10-12-31(13-11-30)25(33)15-19-3-5-20(6-4-19)32-17-27-28-29-32/h3-8,17,24H,9-16H2,1H3. The van der Waals surface area contributed by atoms with Crippen molar-refractivity contribution < 1.29 is 9.53 Å². The van der Waals surface area contributed by atoms with Gasteiger partial charge in [-0.2, -0.15) is 0 Å². The van der Waals surface area contributed by atoms with Gasteiger partial charge in [0.25, 0.3) is 0 Å². The molecule has 0 bridgehead atoms. The molecule has 9 nitrogen and oxygen atoms in total. The van der Waals surface area contributed by atoms with Gasteiger partial charge in [0.2, 0.25) is 5.91 Å². The van der Waals surface area contributed by atoms with Crippen LogP contribution in [-0.4, -0.2) is 75.2 Å². The van der Waals surface area contributed by atoms with E-state index in [1.165, 1.54) is 11.1 Å². The zero-order valence-corrected chi connectivity index (χ0v) is 19.2. The molecule has 0 saturated carbocycles. The second-order valence-electron chi connectivity index (χ2n) is 8.78. The van der Waals surface area contributed by atoms with Crippen molar-refractivity contribution in [1.29, 1.82) is 0 Å². The first-order chi connectivity index (χ1) is 16.6. The number of amides is 1. The highest BCUT2D eigenvalue weighted by molar-refractivity contribution is 5.79. The van der Waals surface area contributed by atoms with E-state index < -0.39 is 0 Å². The highest BCUT2D eigenvalue weighted by Gasteiger charge is 2.28. The number of carbonyl (C=O) groups is 1. The van der Waals surface area contributed by atoms with Crippen LogP contribution >= 0.6 is 0 Å². The summed E-state index contributed by atoms with van der Waals surface area (Å²) in [7, 11) is 0. The maximum absolute atomic E-state index is 12.9. The lowest BCUT2D eigenvalue weighted by atomic mass is 9.92. The van der Waals surface area contributed by atoms with Crippen molar-refractivity contribution in [2.24, 2.45) is 0 Å². The third-order valence-electron chi connectivity index (χ3n) is 6.80. The Morgan fingerprint density at radius 1 is 1.15 bits per heavy atom. The smallest absolute Gasteiger partial charge is 0.227 e. The minimum atomic E-state index is 0.0168. The Hall–Kier alpha value is -3.61. The van der Waals surface area contributed by atoms with Crippen molar-refractivity contribution in [3.05, 3.63) is 76.4 Å². The van der Waals surface area contributed by atoms with Gasteiger partial charge >= 0.3 is 0 Å². The fraction of sp³-hybridized carbons (Fsp3) is 0.400. The van der Waals surface area contributed by atoms with E-state index in [1.54, 1.807) is 11.0 Å². The lowest BCUT2D eigenvalue weighted by Crippen LogP contribution is -2.50. The van der Waals surface area contributed by atoms with Gasteiger partial charge in [0.05, 0.1) is 31.4 Å². The monoisotopic (exact) mass is 457 g/mol. The Morgan fingerprint density at radius 2 is 1.94 bits per heavy atom. The van der Waals surface area contributed by atoms with Crippen molar-refractivity contribution in [3.8, 4) is 5.69 Å². The topological polar surface area (TPSA) is 80.7 Å². The molecule has 3 aromatic rings. The van der Waals surface area contributed by atoms with Crippen molar-refractivity contribution in [1.82, 2.24) is 30.0 Å². The molecule has 3 heterocycles. The van der Waals surface area contributed by atoms with E-state index in [-0.39, 0.29) is 12.0 Å². The molecule has 2 aromatic carbocycles. The summed E-state index contributed by atoms with van der Waals surface area (Å²) in [5, 5.41) is 11.2. The van der Waals surface area contributed by atoms with Crippen molar-refractivity contribution in [2.45, 2.75) is 25.9 Å². The predicted octanol–water partition coefficient (Wildman–Crippen LogP) is 2.52. The molecule has 2 aliphatic heterocycles. The van der Waals surface area contributed by atoms with Crippen LogP contribution in [0.15, 0.2) is 42.7 Å². The molecule has 34 heavy (non-hydrogen) atoms. The summed E-state index contributed by atoms with van der Waals surface area (Å²) in [5.74, 6) is 0.149. The molecule has 0 N–H and O–H groups in total. The normalized spacial score (nSPS) is 18.4. The molecule has 1 saturated heterocycles. The summed E-state index contributed by atoms with van der Waals surface area (Å²) in [6, 6.07) is 11.7. The maximum atomic E-state index is 12.9. The Morgan fingerprint density at radius 3 is 2.65 bits per heavy atom. The lowest BCUT2D eigenvalue weighted by Gasteiger charge is -2.38. The van der Waals surface area contributed by atoms with Crippen LogP contribution in [0, 0.1) is 13.5 Å². The van der Waals surface area contributed by atoms with Gasteiger partial charge in [0.1, 0.15) is 6.33 Å². The van der Waals surface area contributed by atoms with E-state index in [1.807, 2.05) is 42.2 Å². The van der Waals surface area contributed by atoms with Crippen LogP contribution in [0.2, 0.25) is 0 Å². The van der Waals surface area contributed by atoms with Crippen LogP contribution < -0.4 is 0 Å². The van der Waals surface area contributed by atoms with E-state index in [0.717, 1.165) is 61.6 Å². The Labute approximate surface area is 198 Å². The summed E-state index contributed by atoms with van der Waals surface area (Å²) in [6.45, 7) is 14.0. The quantitative estimate of drug-likeness (QED) is 0.548. The summed E-state index contributed by atoms with van der Waals surface area (Å²) in [5.41, 5.74) is 6.13. The number of piperazine rings is 1. The summed E-state index contributed by atoms with van der Waals surface area (Å²) >= 11 is 0. The summed E-state index contributed by atoms with van der Waals surface area (Å²) < 4.78 is 7.70. The highest BCUT2D eigenvalue weighted by Crippen LogP contribution is 2.34. The van der Waals surface area contributed by atoms with Gasteiger partial charge in [-0.3, -0.25) is 9.69 Å². The summed E-state index contributed by atoms with van der Waals surface area (Å²) in [4.78, 5) is 20.8. The van der Waals surface area contributed by atoms with E-state index in [9.17, 15) is 4.79 Å². The third kappa shape index (κ3) is 4.55. The van der Waals surface area contributed by atoms with Gasteiger partial charge < -0.3 is 9.64 Å². The van der Waals surface area contributed by atoms with Gasteiger partial charge in [0, 0.05) is 32.7 Å².